The summed E-state index contributed by atoms with van der Waals surface area (Å²) in [6.07, 6.45) is 0. The molecule has 6 heteroatoms. The molecule has 0 fully saturated rings. The fourth-order valence-electron chi connectivity index (χ4n) is 0.338. The third-order valence-corrected chi connectivity index (χ3v) is 1.24. The molecule has 0 aromatic heterocycles. The van der Waals surface area contributed by atoms with Crippen LogP contribution in [-0.4, -0.2) is 15.9 Å². The summed E-state index contributed by atoms with van der Waals surface area (Å²) >= 11 is 8.69. The molecule has 0 N–H and O–H groups in total. The second-order valence-electron chi connectivity index (χ2n) is 1.57. The van der Waals surface area contributed by atoms with Crippen LogP contribution in [0, 0.1) is 6.55 Å². The molecule has 1 aromatic carbocycles. The van der Waals surface area contributed by atoms with E-state index in [1.54, 1.807) is 0 Å². The molecule has 0 aliphatic heterocycles. The van der Waals surface area contributed by atoms with Crippen LogP contribution in [0.3, 0.4) is 0 Å². The smallest absolute Gasteiger partial charge is 0.107 e. The molecule has 0 bridgehead atoms. The van der Waals surface area contributed by atoms with Crippen LogP contribution < -0.4 is 0 Å². The molecule has 0 aliphatic rings. The number of rotatable bonds is 0. The van der Waals surface area contributed by atoms with E-state index in [1.807, 2.05) is 30.3 Å². The minimum absolute atomic E-state index is 1.19. The van der Waals surface area contributed by atoms with Gasteiger partial charge in [-0.05, 0) is 0 Å². The van der Waals surface area contributed by atoms with Crippen molar-refractivity contribution in [2.75, 3.05) is 0 Å². The quantitative estimate of drug-likeness (QED) is 0.367. The van der Waals surface area contributed by atoms with Crippen LogP contribution in [-0.2, 0) is 27.2 Å². The fourth-order valence-corrected chi connectivity index (χ4v) is 0.460. The van der Waals surface area contributed by atoms with E-state index in [9.17, 15) is 0 Å². The maximum Gasteiger partial charge on any atom is 0.107 e. The van der Waals surface area contributed by atoms with Gasteiger partial charge in [0.2, 0.25) is 0 Å². The average molecular weight is 418 g/mol. The maximum atomic E-state index is 9.09. The molecule has 1 radical (unpaired) electrons. The summed E-state index contributed by atoms with van der Waals surface area (Å²) in [5.41, 5.74) is 0. The summed E-state index contributed by atoms with van der Waals surface area (Å²) in [5, 5.41) is 0. The van der Waals surface area contributed by atoms with Crippen molar-refractivity contribution in [2.24, 2.45) is 0 Å². The zero-order valence-electron chi connectivity index (χ0n) is 7.07. The Labute approximate surface area is 102 Å². The van der Waals surface area contributed by atoms with E-state index in [0.717, 1.165) is 0 Å². The van der Waals surface area contributed by atoms with E-state index in [-0.39, 0.29) is 0 Å². The molecule has 0 saturated carbocycles. The summed E-state index contributed by atoms with van der Waals surface area (Å²) in [6, 6.07) is 10.0. The first kappa shape index (κ1) is 16.4. The summed E-state index contributed by atoms with van der Waals surface area (Å²) in [6.45, 7) is 3.27. The SMILES string of the molecule is O=[C]=[W]=[C]=O.[CH2-][Si](Cl)Cl.c1cc[cH-]c1. The van der Waals surface area contributed by atoms with Crippen molar-refractivity contribution in [1.29, 1.82) is 0 Å². The number of hydrogen-bond acceptors (Lipinski definition) is 2. The zero-order chi connectivity index (χ0) is 11.2. The van der Waals surface area contributed by atoms with E-state index in [0.29, 0.717) is 0 Å². The van der Waals surface area contributed by atoms with Gasteiger partial charge in [0.1, 0.15) is 7.42 Å². The molecule has 0 amide bonds. The Morgan fingerprint density at radius 3 is 1.64 bits per heavy atom. The molecule has 1 rings (SSSR count). The molecule has 77 valence electrons. The van der Waals surface area contributed by atoms with Gasteiger partial charge in [0, 0.05) is 0 Å². The molecule has 0 spiro atoms. The molecular formula is C8H7Cl2O2SiW-2. The Kier molecular flexibility index (Phi) is 18.1. The fraction of sp³-hybridized carbons (Fsp3) is 0. The molecule has 0 atom stereocenters. The van der Waals surface area contributed by atoms with Crippen molar-refractivity contribution in [2.45, 2.75) is 0 Å². The van der Waals surface area contributed by atoms with E-state index >= 15 is 0 Å². The second-order valence-corrected chi connectivity index (χ2v) is 7.50. The minimum Gasteiger partial charge on any atom is -0.315 e. The molecule has 2 nitrogen and oxygen atoms in total. The van der Waals surface area contributed by atoms with Gasteiger partial charge in [0.05, 0.1) is 0 Å². The predicted molar refractivity (Wildman–Crippen MR) is 56.2 cm³/mol. The topological polar surface area (TPSA) is 34.1 Å². The average Bonchev–Trinajstić information content (AvgIpc) is 2.61. The Morgan fingerprint density at radius 1 is 1.21 bits per heavy atom. The molecular weight excluding hydrogens is 411 g/mol. The Morgan fingerprint density at radius 2 is 1.57 bits per heavy atom. The van der Waals surface area contributed by atoms with Crippen LogP contribution >= 0.6 is 22.2 Å². The van der Waals surface area contributed by atoms with Gasteiger partial charge in [-0.15, -0.1) is 0 Å². The van der Waals surface area contributed by atoms with Gasteiger partial charge in [-0.3, -0.25) is 0 Å². The number of carbonyl (C=O) groups excluding carboxylic acids is 2. The van der Waals surface area contributed by atoms with Crippen molar-refractivity contribution in [1.82, 2.24) is 0 Å². The van der Waals surface area contributed by atoms with Gasteiger partial charge in [-0.25, -0.2) is 12.1 Å². The van der Waals surface area contributed by atoms with E-state index < -0.39 is 25.1 Å². The van der Waals surface area contributed by atoms with Crippen molar-refractivity contribution in [3.8, 4) is 0 Å². The number of hydrogen-bond donors (Lipinski definition) is 0. The largest absolute Gasteiger partial charge is 0.315 e. The Balaban J connectivity index is 0. The monoisotopic (exact) mass is 417 g/mol. The first-order valence-electron chi connectivity index (χ1n) is 3.21. The van der Waals surface area contributed by atoms with Crippen LogP contribution in [0.1, 0.15) is 0 Å². The molecule has 0 aliphatic carbocycles. The van der Waals surface area contributed by atoms with Gasteiger partial charge >= 0.3 is 35.8 Å². The summed E-state index contributed by atoms with van der Waals surface area (Å²) in [4.78, 5) is 18.2. The molecule has 0 unspecified atom stereocenters. The van der Waals surface area contributed by atoms with Crippen LogP contribution in [0.25, 0.3) is 0 Å². The van der Waals surface area contributed by atoms with Crippen molar-refractivity contribution >= 4 is 38.1 Å². The minimum atomic E-state index is -1.37. The van der Waals surface area contributed by atoms with Gasteiger partial charge in [-0.1, -0.05) is 0 Å². The van der Waals surface area contributed by atoms with E-state index in [1.165, 1.54) is 8.53 Å². The van der Waals surface area contributed by atoms with Crippen LogP contribution in [0.4, 0.5) is 0 Å². The second kappa shape index (κ2) is 15.5. The Bertz CT molecular complexity index is 265. The van der Waals surface area contributed by atoms with Gasteiger partial charge < -0.3 is 6.55 Å². The van der Waals surface area contributed by atoms with Gasteiger partial charge in [0.15, 0.2) is 0 Å². The van der Waals surface area contributed by atoms with Gasteiger partial charge in [0.25, 0.3) is 0 Å². The third-order valence-electron chi connectivity index (χ3n) is 0.639. The van der Waals surface area contributed by atoms with Crippen molar-refractivity contribution in [3.63, 3.8) is 0 Å². The Hall–Kier alpha value is -0.00481. The van der Waals surface area contributed by atoms with Crippen LogP contribution in [0.5, 0.6) is 0 Å². The normalized spacial score (nSPS) is 6.86. The van der Waals surface area contributed by atoms with E-state index in [4.69, 9.17) is 31.7 Å². The maximum absolute atomic E-state index is 9.09. The van der Waals surface area contributed by atoms with Crippen molar-refractivity contribution in [3.05, 3.63) is 36.9 Å². The standard InChI is InChI=1S/C5H5.CH2Cl2Si.2CO.W/c1-2-4-5-3-1;1-4(2)3;2*1-2;/h1-5H;1H2;;;/q2*-1;;;. The third kappa shape index (κ3) is 29.6. The van der Waals surface area contributed by atoms with Gasteiger partial charge in [-0.2, -0.15) is 40.4 Å². The molecule has 1 aromatic rings. The van der Waals surface area contributed by atoms with Crippen LogP contribution in [0.15, 0.2) is 30.3 Å². The first-order chi connectivity index (χ1) is 6.65. The first-order valence-corrected chi connectivity index (χ1v) is 9.88. The number of halogens is 2. The molecule has 0 saturated heterocycles. The summed E-state index contributed by atoms with van der Waals surface area (Å²) < 4.78 is 3.02. The predicted octanol–water partition coefficient (Wildman–Crippen LogP) is 1.93. The van der Waals surface area contributed by atoms with Crippen molar-refractivity contribution < 1.29 is 27.2 Å². The zero-order valence-corrected chi connectivity index (χ0v) is 12.5. The van der Waals surface area contributed by atoms with Crippen LogP contribution in [0.2, 0.25) is 0 Å². The summed E-state index contributed by atoms with van der Waals surface area (Å²) in [5.74, 6) is 0. The summed E-state index contributed by atoms with van der Waals surface area (Å²) in [7, 11) is -1.19. The molecule has 0 heterocycles. The molecule has 14 heavy (non-hydrogen) atoms. The van der Waals surface area contributed by atoms with E-state index in [2.05, 4.69) is 6.55 Å².